The van der Waals surface area contributed by atoms with E-state index in [-0.39, 0.29) is 11.4 Å². The van der Waals surface area contributed by atoms with Gasteiger partial charge in [0.05, 0.1) is 5.69 Å². The summed E-state index contributed by atoms with van der Waals surface area (Å²) in [7, 11) is -3.50. The number of thiophene rings is 1. The first-order valence-electron chi connectivity index (χ1n) is 4.54. The molecule has 0 unspecified atom stereocenters. The average molecular weight is 257 g/mol. The molecule has 0 bridgehead atoms. The number of nitrogens with one attached hydrogen (secondary N) is 2. The van der Waals surface area contributed by atoms with Crippen molar-refractivity contribution in [2.75, 3.05) is 4.72 Å². The van der Waals surface area contributed by atoms with Crippen LogP contribution in [0.25, 0.3) is 0 Å². The third-order valence-electron chi connectivity index (χ3n) is 2.02. The third-order valence-corrected chi connectivity index (χ3v) is 4.06. The quantitative estimate of drug-likeness (QED) is 0.772. The van der Waals surface area contributed by atoms with Gasteiger partial charge in [-0.05, 0) is 17.5 Å². The number of hydrogen-bond donors (Lipinski definition) is 3. The molecule has 16 heavy (non-hydrogen) atoms. The first-order valence-corrected chi connectivity index (χ1v) is 6.97. The summed E-state index contributed by atoms with van der Waals surface area (Å²) in [4.78, 5) is 2.99. The lowest BCUT2D eigenvalue weighted by Gasteiger charge is -2.02. The van der Waals surface area contributed by atoms with Crippen LogP contribution >= 0.6 is 11.3 Å². The van der Waals surface area contributed by atoms with Crippen molar-refractivity contribution in [3.8, 4) is 0 Å². The Balaban J connectivity index is 2.25. The molecule has 2 aromatic rings. The second-order valence-corrected chi connectivity index (χ2v) is 5.64. The Bertz CT molecular complexity index is 557. The number of aromatic nitrogens is 1. The van der Waals surface area contributed by atoms with Crippen molar-refractivity contribution in [1.29, 1.82) is 0 Å². The maximum absolute atomic E-state index is 11.9. The summed E-state index contributed by atoms with van der Waals surface area (Å²) in [5, 5.41) is 3.54. The lowest BCUT2D eigenvalue weighted by molar-refractivity contribution is 0.601. The Morgan fingerprint density at radius 2 is 2.31 bits per heavy atom. The fraction of sp³-hybridized carbons (Fsp3) is 0.111. The average Bonchev–Trinajstić information content (AvgIpc) is 2.85. The summed E-state index contributed by atoms with van der Waals surface area (Å²) in [6.45, 7) is 0.286. The van der Waals surface area contributed by atoms with Gasteiger partial charge in [0.1, 0.15) is 4.90 Å². The predicted molar refractivity (Wildman–Crippen MR) is 63.8 cm³/mol. The van der Waals surface area contributed by atoms with Crippen molar-refractivity contribution >= 4 is 27.0 Å². The van der Waals surface area contributed by atoms with E-state index < -0.39 is 10.0 Å². The Morgan fingerprint density at radius 1 is 1.50 bits per heavy atom. The lowest BCUT2D eigenvalue weighted by Crippen LogP contribution is -2.11. The van der Waals surface area contributed by atoms with Gasteiger partial charge in [-0.15, -0.1) is 0 Å². The molecular weight excluding hydrogens is 246 g/mol. The zero-order valence-electron chi connectivity index (χ0n) is 8.30. The van der Waals surface area contributed by atoms with Crippen molar-refractivity contribution in [2.24, 2.45) is 5.73 Å². The van der Waals surface area contributed by atoms with Crippen molar-refractivity contribution in [3.63, 3.8) is 0 Å². The molecule has 0 atom stereocenters. The van der Waals surface area contributed by atoms with E-state index in [4.69, 9.17) is 5.73 Å². The minimum atomic E-state index is -3.50. The van der Waals surface area contributed by atoms with Crippen molar-refractivity contribution < 1.29 is 8.42 Å². The van der Waals surface area contributed by atoms with E-state index in [9.17, 15) is 8.42 Å². The number of sulfonamides is 1. The van der Waals surface area contributed by atoms with Gasteiger partial charge in [0.25, 0.3) is 10.0 Å². The minimum Gasteiger partial charge on any atom is -0.363 e. The van der Waals surface area contributed by atoms with Crippen LogP contribution in [0.3, 0.4) is 0 Å². The Morgan fingerprint density at radius 3 is 2.88 bits per heavy atom. The molecule has 5 nitrogen and oxygen atoms in total. The molecule has 0 spiro atoms. The molecule has 0 aliphatic rings. The fourth-order valence-corrected chi connectivity index (χ4v) is 2.96. The van der Waals surface area contributed by atoms with Crippen LogP contribution in [0, 0.1) is 0 Å². The minimum absolute atomic E-state index is 0.194. The number of aromatic amines is 1. The summed E-state index contributed by atoms with van der Waals surface area (Å²) in [6, 6.07) is 3.23. The molecule has 2 aromatic heterocycles. The number of H-pyrrole nitrogens is 1. The fourth-order valence-electron chi connectivity index (χ4n) is 1.23. The summed E-state index contributed by atoms with van der Waals surface area (Å²) in [5.74, 6) is 0. The van der Waals surface area contributed by atoms with Gasteiger partial charge in [-0.25, -0.2) is 8.42 Å². The van der Waals surface area contributed by atoms with Crippen LogP contribution in [0.4, 0.5) is 5.69 Å². The molecule has 0 radical (unpaired) electrons. The van der Waals surface area contributed by atoms with Gasteiger partial charge in [0.2, 0.25) is 0 Å². The molecule has 0 fully saturated rings. The van der Waals surface area contributed by atoms with E-state index in [1.54, 1.807) is 16.8 Å². The highest BCUT2D eigenvalue weighted by Crippen LogP contribution is 2.18. The van der Waals surface area contributed by atoms with Gasteiger partial charge in [-0.1, -0.05) is 0 Å². The van der Waals surface area contributed by atoms with Gasteiger partial charge in [-0.2, -0.15) is 11.3 Å². The SMILES string of the molecule is NCc1cc(S(=O)(=O)Nc2ccsc2)c[nH]1. The third kappa shape index (κ3) is 2.26. The molecule has 0 amide bonds. The topological polar surface area (TPSA) is 88.0 Å². The molecule has 0 aromatic carbocycles. The maximum atomic E-state index is 11.9. The molecule has 0 saturated carbocycles. The van der Waals surface area contributed by atoms with Crippen molar-refractivity contribution in [1.82, 2.24) is 4.98 Å². The Hall–Kier alpha value is -1.31. The summed E-state index contributed by atoms with van der Waals surface area (Å²) >= 11 is 1.43. The Kier molecular flexibility index (Phi) is 2.99. The van der Waals surface area contributed by atoms with E-state index in [1.165, 1.54) is 23.6 Å². The molecule has 0 aliphatic carbocycles. The smallest absolute Gasteiger partial charge is 0.263 e. The molecule has 86 valence electrons. The van der Waals surface area contributed by atoms with Gasteiger partial charge in [-0.3, -0.25) is 4.72 Å². The molecular formula is C9H11N3O2S2. The molecule has 4 N–H and O–H groups in total. The van der Waals surface area contributed by atoms with Gasteiger partial charge in [0, 0.05) is 23.8 Å². The number of anilines is 1. The van der Waals surface area contributed by atoms with Gasteiger partial charge >= 0.3 is 0 Å². The number of hydrogen-bond acceptors (Lipinski definition) is 4. The van der Waals surface area contributed by atoms with E-state index >= 15 is 0 Å². The molecule has 7 heteroatoms. The highest BCUT2D eigenvalue weighted by atomic mass is 32.2. The van der Waals surface area contributed by atoms with E-state index in [2.05, 4.69) is 9.71 Å². The maximum Gasteiger partial charge on any atom is 0.263 e. The zero-order chi connectivity index (χ0) is 11.6. The van der Waals surface area contributed by atoms with E-state index in [0.29, 0.717) is 11.4 Å². The number of nitrogens with two attached hydrogens (primary N) is 1. The first-order chi connectivity index (χ1) is 7.62. The zero-order valence-corrected chi connectivity index (χ0v) is 9.94. The highest BCUT2D eigenvalue weighted by molar-refractivity contribution is 7.92. The van der Waals surface area contributed by atoms with Crippen LogP contribution in [0.1, 0.15) is 5.69 Å². The normalized spacial score (nSPS) is 11.6. The summed E-state index contributed by atoms with van der Waals surface area (Å²) in [6.07, 6.45) is 1.43. The van der Waals surface area contributed by atoms with Gasteiger partial charge < -0.3 is 10.7 Å². The monoisotopic (exact) mass is 257 g/mol. The van der Waals surface area contributed by atoms with Crippen LogP contribution < -0.4 is 10.5 Å². The first kappa shape index (κ1) is 11.2. The van der Waals surface area contributed by atoms with Crippen molar-refractivity contribution in [3.05, 3.63) is 34.8 Å². The number of rotatable bonds is 4. The Labute approximate surface area is 97.4 Å². The molecule has 0 aliphatic heterocycles. The molecule has 2 rings (SSSR count). The molecule has 2 heterocycles. The largest absolute Gasteiger partial charge is 0.363 e. The second-order valence-electron chi connectivity index (χ2n) is 3.18. The summed E-state index contributed by atoms with van der Waals surface area (Å²) < 4.78 is 26.2. The van der Waals surface area contributed by atoms with Crippen molar-refractivity contribution in [2.45, 2.75) is 11.4 Å². The standard InChI is InChI=1S/C9H11N3O2S2/c10-4-8-3-9(5-11-8)16(13,14)12-7-1-2-15-6-7/h1-3,5-6,11-12H,4,10H2. The van der Waals surface area contributed by atoms with Crippen LogP contribution in [0.5, 0.6) is 0 Å². The predicted octanol–water partition coefficient (Wildman–Crippen LogP) is 1.34. The van der Waals surface area contributed by atoms with Crippen LogP contribution in [0.15, 0.2) is 34.0 Å². The molecule has 0 saturated heterocycles. The van der Waals surface area contributed by atoms with Crippen LogP contribution in [0.2, 0.25) is 0 Å². The highest BCUT2D eigenvalue weighted by Gasteiger charge is 2.15. The lowest BCUT2D eigenvalue weighted by atomic mass is 10.4. The summed E-state index contributed by atoms with van der Waals surface area (Å²) in [5.41, 5.74) is 6.65. The second kappa shape index (κ2) is 4.28. The van der Waals surface area contributed by atoms with Crippen LogP contribution in [-0.2, 0) is 16.6 Å². The van der Waals surface area contributed by atoms with Crippen LogP contribution in [-0.4, -0.2) is 13.4 Å². The van der Waals surface area contributed by atoms with E-state index in [1.807, 2.05) is 0 Å². The van der Waals surface area contributed by atoms with Gasteiger partial charge in [0.15, 0.2) is 0 Å². The van der Waals surface area contributed by atoms with E-state index in [0.717, 1.165) is 0 Å².